The number of nitro groups is 1. The van der Waals surface area contributed by atoms with Crippen LogP contribution in [-0.2, 0) is 0 Å². The van der Waals surface area contributed by atoms with Gasteiger partial charge in [0.2, 0.25) is 0 Å². The first-order valence-electron chi connectivity index (χ1n) is 6.44. The van der Waals surface area contributed by atoms with Gasteiger partial charge in [0.25, 0.3) is 5.69 Å². The van der Waals surface area contributed by atoms with E-state index < -0.39 is 4.92 Å². The predicted octanol–water partition coefficient (Wildman–Crippen LogP) is 2.29. The van der Waals surface area contributed by atoms with Crippen molar-refractivity contribution in [2.75, 3.05) is 12.4 Å². The molecule has 1 aliphatic carbocycles. The van der Waals surface area contributed by atoms with Gasteiger partial charge in [-0.05, 0) is 25.7 Å². The first kappa shape index (κ1) is 13.6. The fourth-order valence-electron chi connectivity index (χ4n) is 2.39. The number of nitrogens with two attached hydrogens (primary N) is 1. The quantitative estimate of drug-likeness (QED) is 0.644. The molecule has 1 aromatic carbocycles. The van der Waals surface area contributed by atoms with Crippen LogP contribution in [0.15, 0.2) is 18.2 Å². The van der Waals surface area contributed by atoms with Crippen LogP contribution >= 0.6 is 0 Å². The van der Waals surface area contributed by atoms with Crippen LogP contribution in [0.25, 0.3) is 0 Å². The second-order valence-corrected chi connectivity index (χ2v) is 4.93. The SMILES string of the molecule is COc1cc(NC2CCC(N)CC2)cc([N+](=O)[O-])c1. The molecule has 3 N–H and O–H groups in total. The van der Waals surface area contributed by atoms with Gasteiger partial charge in [0, 0.05) is 29.9 Å². The Hall–Kier alpha value is -1.82. The highest BCUT2D eigenvalue weighted by Gasteiger charge is 2.19. The fourth-order valence-corrected chi connectivity index (χ4v) is 2.39. The van der Waals surface area contributed by atoms with E-state index in [2.05, 4.69) is 5.32 Å². The summed E-state index contributed by atoms with van der Waals surface area (Å²) in [4.78, 5) is 10.4. The highest BCUT2D eigenvalue weighted by molar-refractivity contribution is 5.56. The second kappa shape index (κ2) is 5.88. The minimum atomic E-state index is -0.412. The Morgan fingerprint density at radius 3 is 2.58 bits per heavy atom. The number of benzene rings is 1. The second-order valence-electron chi connectivity index (χ2n) is 4.93. The van der Waals surface area contributed by atoms with Crippen molar-refractivity contribution in [2.24, 2.45) is 5.73 Å². The first-order valence-corrected chi connectivity index (χ1v) is 6.44. The molecular weight excluding hydrogens is 246 g/mol. The average molecular weight is 265 g/mol. The smallest absolute Gasteiger partial charge is 0.275 e. The summed E-state index contributed by atoms with van der Waals surface area (Å²) in [6, 6.07) is 5.35. The average Bonchev–Trinajstić information content (AvgIpc) is 2.41. The van der Waals surface area contributed by atoms with Gasteiger partial charge in [-0.25, -0.2) is 0 Å². The van der Waals surface area contributed by atoms with Gasteiger partial charge in [-0.2, -0.15) is 0 Å². The molecule has 1 fully saturated rings. The number of nitrogens with zero attached hydrogens (tertiary/aromatic N) is 1. The molecule has 19 heavy (non-hydrogen) atoms. The number of non-ortho nitro benzene ring substituents is 1. The van der Waals surface area contributed by atoms with Crippen LogP contribution in [0.2, 0.25) is 0 Å². The van der Waals surface area contributed by atoms with E-state index in [0.29, 0.717) is 11.8 Å². The number of anilines is 1. The maximum absolute atomic E-state index is 10.9. The summed E-state index contributed by atoms with van der Waals surface area (Å²) in [5.41, 5.74) is 6.63. The van der Waals surface area contributed by atoms with E-state index in [1.807, 2.05) is 0 Å². The van der Waals surface area contributed by atoms with Crippen molar-refractivity contribution >= 4 is 11.4 Å². The standard InChI is InChI=1S/C13H19N3O3/c1-19-13-7-11(6-12(8-13)16(17)18)15-10-4-2-9(14)3-5-10/h6-10,15H,2-5,14H2,1H3. The molecule has 0 radical (unpaired) electrons. The van der Waals surface area contributed by atoms with Crippen molar-refractivity contribution in [3.8, 4) is 5.75 Å². The fraction of sp³-hybridized carbons (Fsp3) is 0.538. The zero-order valence-electron chi connectivity index (χ0n) is 11.0. The number of nitro benzene ring substituents is 1. The Balaban J connectivity index is 2.10. The molecular formula is C13H19N3O3. The Morgan fingerprint density at radius 1 is 1.32 bits per heavy atom. The van der Waals surface area contributed by atoms with Gasteiger partial charge in [0.05, 0.1) is 18.1 Å². The van der Waals surface area contributed by atoms with Crippen LogP contribution < -0.4 is 15.8 Å². The lowest BCUT2D eigenvalue weighted by molar-refractivity contribution is -0.384. The topological polar surface area (TPSA) is 90.4 Å². The van der Waals surface area contributed by atoms with Crippen LogP contribution in [0, 0.1) is 10.1 Å². The number of nitrogens with one attached hydrogen (secondary N) is 1. The summed E-state index contributed by atoms with van der Waals surface area (Å²) in [5, 5.41) is 14.2. The van der Waals surface area contributed by atoms with Gasteiger partial charge in [-0.3, -0.25) is 10.1 Å². The van der Waals surface area contributed by atoms with E-state index in [-0.39, 0.29) is 11.7 Å². The van der Waals surface area contributed by atoms with Crippen molar-refractivity contribution in [1.29, 1.82) is 0 Å². The minimum absolute atomic E-state index is 0.0364. The van der Waals surface area contributed by atoms with Crippen LogP contribution in [0.5, 0.6) is 5.75 Å². The molecule has 1 saturated carbocycles. The van der Waals surface area contributed by atoms with Crippen LogP contribution in [0.4, 0.5) is 11.4 Å². The van der Waals surface area contributed by atoms with Crippen LogP contribution in [0.1, 0.15) is 25.7 Å². The lowest BCUT2D eigenvalue weighted by atomic mass is 9.91. The molecule has 0 amide bonds. The lowest BCUT2D eigenvalue weighted by Crippen LogP contribution is -2.32. The Labute approximate surface area is 112 Å². The number of methoxy groups -OCH3 is 1. The lowest BCUT2D eigenvalue weighted by Gasteiger charge is -2.27. The highest BCUT2D eigenvalue weighted by atomic mass is 16.6. The molecule has 0 saturated heterocycles. The first-order chi connectivity index (χ1) is 9.08. The van der Waals surface area contributed by atoms with Gasteiger partial charge in [0.1, 0.15) is 5.75 Å². The molecule has 0 atom stereocenters. The minimum Gasteiger partial charge on any atom is -0.496 e. The van der Waals surface area contributed by atoms with Gasteiger partial charge in [-0.1, -0.05) is 0 Å². The van der Waals surface area contributed by atoms with Gasteiger partial charge in [-0.15, -0.1) is 0 Å². The third-order valence-electron chi connectivity index (χ3n) is 3.48. The third-order valence-corrected chi connectivity index (χ3v) is 3.48. The molecule has 0 bridgehead atoms. The molecule has 0 heterocycles. The summed E-state index contributed by atoms with van der Waals surface area (Å²) >= 11 is 0. The van der Waals surface area contributed by atoms with Crippen molar-refractivity contribution in [3.63, 3.8) is 0 Å². The molecule has 1 aromatic rings. The maximum atomic E-state index is 10.9. The molecule has 6 nitrogen and oxygen atoms in total. The van der Waals surface area contributed by atoms with E-state index in [1.165, 1.54) is 19.2 Å². The number of ether oxygens (including phenoxy) is 1. The monoisotopic (exact) mass is 265 g/mol. The van der Waals surface area contributed by atoms with Crippen molar-refractivity contribution in [3.05, 3.63) is 28.3 Å². The largest absolute Gasteiger partial charge is 0.496 e. The zero-order chi connectivity index (χ0) is 13.8. The van der Waals surface area contributed by atoms with Crippen molar-refractivity contribution in [1.82, 2.24) is 0 Å². The summed E-state index contributed by atoms with van der Waals surface area (Å²) in [5.74, 6) is 0.490. The molecule has 0 aromatic heterocycles. The van der Waals surface area contributed by atoms with E-state index >= 15 is 0 Å². The maximum Gasteiger partial charge on any atom is 0.275 e. The third kappa shape index (κ3) is 3.57. The summed E-state index contributed by atoms with van der Waals surface area (Å²) in [6.07, 6.45) is 3.96. The molecule has 0 spiro atoms. The van der Waals surface area contributed by atoms with Crippen molar-refractivity contribution in [2.45, 2.75) is 37.8 Å². The van der Waals surface area contributed by atoms with E-state index in [4.69, 9.17) is 10.5 Å². The zero-order valence-corrected chi connectivity index (χ0v) is 11.0. The van der Waals surface area contributed by atoms with Crippen molar-refractivity contribution < 1.29 is 9.66 Å². The molecule has 0 aliphatic heterocycles. The Morgan fingerprint density at radius 2 is 2.00 bits per heavy atom. The van der Waals surface area contributed by atoms with Gasteiger partial charge >= 0.3 is 0 Å². The van der Waals surface area contributed by atoms with Gasteiger partial charge < -0.3 is 15.8 Å². The summed E-state index contributed by atoms with van der Waals surface area (Å²) < 4.78 is 5.09. The van der Waals surface area contributed by atoms with E-state index in [9.17, 15) is 10.1 Å². The molecule has 0 unspecified atom stereocenters. The highest BCUT2D eigenvalue weighted by Crippen LogP contribution is 2.28. The normalized spacial score (nSPS) is 22.8. The molecule has 104 valence electrons. The molecule has 6 heteroatoms. The number of hydrogen-bond donors (Lipinski definition) is 2. The summed E-state index contributed by atoms with van der Waals surface area (Å²) in [6.45, 7) is 0. The number of rotatable bonds is 4. The number of hydrogen-bond acceptors (Lipinski definition) is 5. The van der Waals surface area contributed by atoms with Crippen LogP contribution in [0.3, 0.4) is 0 Å². The molecule has 2 rings (SSSR count). The van der Waals surface area contributed by atoms with Crippen LogP contribution in [-0.4, -0.2) is 24.1 Å². The Kier molecular flexibility index (Phi) is 4.21. The molecule has 1 aliphatic rings. The van der Waals surface area contributed by atoms with E-state index in [1.54, 1.807) is 6.07 Å². The predicted molar refractivity (Wildman–Crippen MR) is 73.5 cm³/mol. The van der Waals surface area contributed by atoms with Gasteiger partial charge in [0.15, 0.2) is 0 Å². The summed E-state index contributed by atoms with van der Waals surface area (Å²) in [7, 11) is 1.50. The Bertz CT molecular complexity index is 456. The van der Waals surface area contributed by atoms with E-state index in [0.717, 1.165) is 31.4 Å².